The fraction of sp³-hybridized carbons (Fsp3) is 0.346. The molecule has 0 bridgehead atoms. The molecule has 2 aliphatic rings. The Bertz CT molecular complexity index is 1160. The molecule has 35 heavy (non-hydrogen) atoms. The number of carboxylic acid groups (broad SMARTS) is 1. The molecule has 5 rings (SSSR count). The summed E-state index contributed by atoms with van der Waals surface area (Å²) in [5, 5.41) is 13.3. The summed E-state index contributed by atoms with van der Waals surface area (Å²) in [6.45, 7) is 5.28. The molecule has 1 aromatic carbocycles. The first-order valence-electron chi connectivity index (χ1n) is 11.8. The van der Waals surface area contributed by atoms with Crippen molar-refractivity contribution >= 4 is 23.3 Å². The van der Waals surface area contributed by atoms with Gasteiger partial charge in [0.25, 0.3) is 0 Å². The number of carboxylic acids is 1. The summed E-state index contributed by atoms with van der Waals surface area (Å²) in [4.78, 5) is 20.4. The van der Waals surface area contributed by atoms with Gasteiger partial charge in [0.2, 0.25) is 0 Å². The van der Waals surface area contributed by atoms with Crippen LogP contribution in [0.2, 0.25) is 0 Å². The summed E-state index contributed by atoms with van der Waals surface area (Å²) in [5.41, 5.74) is 1.97. The van der Waals surface area contributed by atoms with Gasteiger partial charge >= 0.3 is 5.97 Å². The minimum absolute atomic E-state index is 0.138. The Labute approximate surface area is 209 Å². The smallest absolute Gasteiger partial charge is 0.335 e. The van der Waals surface area contributed by atoms with Crippen LogP contribution in [0, 0.1) is 0 Å². The van der Waals surface area contributed by atoms with Crippen molar-refractivity contribution in [2.45, 2.75) is 18.5 Å². The minimum Gasteiger partial charge on any atom is -0.478 e. The van der Waals surface area contributed by atoms with Crippen molar-refractivity contribution in [2.75, 3.05) is 39.4 Å². The summed E-state index contributed by atoms with van der Waals surface area (Å²) in [6, 6.07) is 16.2. The zero-order chi connectivity index (χ0) is 24.2. The highest BCUT2D eigenvalue weighted by molar-refractivity contribution is 7.80. The third kappa shape index (κ3) is 5.22. The first-order valence-corrected chi connectivity index (χ1v) is 12.2. The number of aromatic carboxylic acids is 1. The third-order valence-electron chi connectivity index (χ3n) is 6.51. The van der Waals surface area contributed by atoms with Crippen LogP contribution >= 0.6 is 12.2 Å². The average molecular weight is 493 g/mol. The van der Waals surface area contributed by atoms with E-state index in [1.807, 2.05) is 30.3 Å². The fourth-order valence-electron chi connectivity index (χ4n) is 4.69. The Morgan fingerprint density at radius 3 is 2.60 bits per heavy atom. The third-order valence-corrected chi connectivity index (χ3v) is 6.86. The number of nitrogens with one attached hydrogen (secondary N) is 1. The molecule has 0 radical (unpaired) electrons. The second-order valence-corrected chi connectivity index (χ2v) is 9.10. The number of furan rings is 1. The van der Waals surface area contributed by atoms with Gasteiger partial charge in [-0.25, -0.2) is 4.79 Å². The maximum absolute atomic E-state index is 11.2. The molecule has 8 nitrogen and oxygen atoms in total. The van der Waals surface area contributed by atoms with Gasteiger partial charge in [-0.1, -0.05) is 18.2 Å². The van der Waals surface area contributed by atoms with Crippen LogP contribution in [-0.4, -0.2) is 70.4 Å². The Hall–Kier alpha value is -3.27. The molecule has 2 saturated heterocycles. The van der Waals surface area contributed by atoms with E-state index in [4.69, 9.17) is 21.4 Å². The number of rotatable bonds is 8. The zero-order valence-electron chi connectivity index (χ0n) is 19.3. The number of thiocarbonyl (C=S) groups is 1. The predicted octanol–water partition coefficient (Wildman–Crippen LogP) is 3.73. The molecule has 0 spiro atoms. The van der Waals surface area contributed by atoms with Crippen molar-refractivity contribution in [3.8, 4) is 11.3 Å². The number of hydrogen-bond donors (Lipinski definition) is 2. The van der Waals surface area contributed by atoms with E-state index in [1.54, 1.807) is 30.5 Å². The summed E-state index contributed by atoms with van der Waals surface area (Å²) in [7, 11) is 0. The summed E-state index contributed by atoms with van der Waals surface area (Å²) in [5.74, 6) is 0.521. The van der Waals surface area contributed by atoms with Crippen molar-refractivity contribution in [1.29, 1.82) is 0 Å². The topological polar surface area (TPSA) is 91.1 Å². The molecule has 0 amide bonds. The number of ether oxygens (including phenoxy) is 1. The van der Waals surface area contributed by atoms with Crippen LogP contribution in [0.15, 0.2) is 65.2 Å². The van der Waals surface area contributed by atoms with E-state index in [2.05, 4.69) is 20.1 Å². The maximum Gasteiger partial charge on any atom is 0.335 e. The molecule has 9 heteroatoms. The van der Waals surface area contributed by atoms with E-state index in [0.717, 1.165) is 62.8 Å². The van der Waals surface area contributed by atoms with Gasteiger partial charge in [-0.15, -0.1) is 0 Å². The summed E-state index contributed by atoms with van der Waals surface area (Å²) < 4.78 is 11.8. The fourth-order valence-corrected chi connectivity index (χ4v) is 5.02. The zero-order valence-corrected chi connectivity index (χ0v) is 20.1. The Kier molecular flexibility index (Phi) is 7.08. The van der Waals surface area contributed by atoms with Gasteiger partial charge in [-0.3, -0.25) is 9.88 Å². The molecule has 2 atom stereocenters. The lowest BCUT2D eigenvalue weighted by Crippen LogP contribution is -2.38. The van der Waals surface area contributed by atoms with Gasteiger partial charge in [-0.2, -0.15) is 0 Å². The van der Waals surface area contributed by atoms with Gasteiger partial charge in [-0.05, 0) is 55.0 Å². The van der Waals surface area contributed by atoms with Crippen LogP contribution in [0.3, 0.4) is 0 Å². The predicted molar refractivity (Wildman–Crippen MR) is 135 cm³/mol. The van der Waals surface area contributed by atoms with Crippen molar-refractivity contribution < 1.29 is 19.1 Å². The molecule has 2 N–H and O–H groups in total. The minimum atomic E-state index is -0.951. The van der Waals surface area contributed by atoms with E-state index < -0.39 is 5.97 Å². The largest absolute Gasteiger partial charge is 0.478 e. The Morgan fingerprint density at radius 2 is 1.89 bits per heavy atom. The van der Waals surface area contributed by atoms with E-state index in [0.29, 0.717) is 10.9 Å². The number of carbonyl (C=O) groups is 1. The average Bonchev–Trinajstić information content (AvgIpc) is 3.50. The number of morpholine rings is 1. The first kappa shape index (κ1) is 23.5. The number of nitrogens with zero attached hydrogens (tertiary/aromatic N) is 3. The Morgan fingerprint density at radius 1 is 1.09 bits per heavy atom. The van der Waals surface area contributed by atoms with E-state index >= 15 is 0 Å². The molecule has 0 saturated carbocycles. The van der Waals surface area contributed by atoms with Crippen LogP contribution in [0.1, 0.15) is 40.3 Å². The van der Waals surface area contributed by atoms with Crippen LogP contribution in [-0.2, 0) is 4.74 Å². The summed E-state index contributed by atoms with van der Waals surface area (Å²) >= 11 is 5.76. The number of aromatic nitrogens is 1. The maximum atomic E-state index is 11.2. The second-order valence-electron chi connectivity index (χ2n) is 8.71. The standard InChI is InChI=1S/C26H28N4O4S/c31-25(32)19-7-5-18(6-8-19)21-9-10-22(34-21)24-23(20-4-1-2-11-27-20)28-26(35)30(24)13-3-12-29-14-16-33-17-15-29/h1-2,4-11,23-24H,3,12-17H2,(H,28,35)(H,31,32)/t23-,24+/m0/s1. The van der Waals surface area contributed by atoms with Crippen molar-refractivity contribution in [3.63, 3.8) is 0 Å². The molecule has 3 aromatic rings. The van der Waals surface area contributed by atoms with E-state index in [9.17, 15) is 9.90 Å². The van der Waals surface area contributed by atoms with Crippen LogP contribution in [0.4, 0.5) is 0 Å². The molecule has 4 heterocycles. The number of hydrogen-bond acceptors (Lipinski definition) is 6. The molecule has 2 fully saturated rings. The lowest BCUT2D eigenvalue weighted by molar-refractivity contribution is 0.0365. The van der Waals surface area contributed by atoms with Crippen LogP contribution in [0.25, 0.3) is 11.3 Å². The van der Waals surface area contributed by atoms with E-state index in [1.165, 1.54) is 0 Å². The molecular weight excluding hydrogens is 464 g/mol. The number of benzene rings is 1. The van der Waals surface area contributed by atoms with Gasteiger partial charge in [0.15, 0.2) is 5.11 Å². The van der Waals surface area contributed by atoms with Gasteiger partial charge < -0.3 is 24.5 Å². The molecular formula is C26H28N4O4S. The van der Waals surface area contributed by atoms with E-state index in [-0.39, 0.29) is 17.6 Å². The van der Waals surface area contributed by atoms with Crippen molar-refractivity contribution in [2.24, 2.45) is 0 Å². The second kappa shape index (κ2) is 10.6. The monoisotopic (exact) mass is 492 g/mol. The molecule has 2 aromatic heterocycles. The lowest BCUT2D eigenvalue weighted by atomic mass is 10.0. The lowest BCUT2D eigenvalue weighted by Gasteiger charge is -2.29. The molecule has 182 valence electrons. The number of pyridine rings is 1. The molecule has 2 aliphatic heterocycles. The van der Waals surface area contributed by atoms with Gasteiger partial charge in [0.1, 0.15) is 17.6 Å². The highest BCUT2D eigenvalue weighted by atomic mass is 32.1. The van der Waals surface area contributed by atoms with Crippen molar-refractivity contribution in [1.82, 2.24) is 20.1 Å². The highest BCUT2D eigenvalue weighted by Gasteiger charge is 2.41. The van der Waals surface area contributed by atoms with Crippen LogP contribution < -0.4 is 5.32 Å². The molecule has 0 aliphatic carbocycles. The van der Waals surface area contributed by atoms with Gasteiger partial charge in [0, 0.05) is 37.9 Å². The van der Waals surface area contributed by atoms with Crippen LogP contribution in [0.5, 0.6) is 0 Å². The van der Waals surface area contributed by atoms with Gasteiger partial charge in [0.05, 0.1) is 30.5 Å². The first-order chi connectivity index (χ1) is 17.1. The normalized spacial score (nSPS) is 20.7. The quantitative estimate of drug-likeness (QED) is 0.456. The Balaban J connectivity index is 1.38. The highest BCUT2D eigenvalue weighted by Crippen LogP contribution is 2.40. The van der Waals surface area contributed by atoms with Crippen molar-refractivity contribution in [3.05, 3.63) is 77.8 Å². The molecule has 0 unspecified atom stereocenters. The SMILES string of the molecule is O=C(O)c1ccc(-c2ccc([C@@H]3[C@H](c4ccccn4)NC(=S)N3CCCN3CCOCC3)o2)cc1. The summed E-state index contributed by atoms with van der Waals surface area (Å²) in [6.07, 6.45) is 2.76.